The third kappa shape index (κ3) is 51.6. The monoisotopic (exact) mass is 952 g/mol. The van der Waals surface area contributed by atoms with Crippen LogP contribution in [0.3, 0.4) is 0 Å². The Kier molecular flexibility index (Phi) is 51.2. The Morgan fingerprint density at radius 3 is 1.17 bits per heavy atom. The van der Waals surface area contributed by atoms with Crippen molar-refractivity contribution >= 4 is 19.8 Å². The summed E-state index contributed by atoms with van der Waals surface area (Å²) in [4.78, 5) is 34.8. The standard InChI is InChI=1S/C56H106NO8P/c1-3-5-7-9-11-13-14-15-16-17-18-19-20-21-22-23-24-25-26-27-28-29-30-31-32-33-34-35-36-37-38-39-40-41-43-45-47-49-56(59)65-54(53-64-66(60,61)63-51-50-57)52-62-55(58)48-46-44-42-12-10-8-6-4-2/h14-15,17-18,20-21,54H,3-13,16,19,22-53,57H2,1-2H3,(H,60,61)/b15-14-,18-17-,21-20-. The third-order valence-corrected chi connectivity index (χ3v) is 13.3. The lowest BCUT2D eigenvalue weighted by atomic mass is 10.0. The number of phosphoric acid groups is 1. The average molecular weight is 952 g/mol. The number of carbonyl (C=O) groups excluding carboxylic acids is 2. The van der Waals surface area contributed by atoms with Gasteiger partial charge in [0.25, 0.3) is 0 Å². The Hall–Kier alpha value is -1.77. The number of rotatable bonds is 53. The second-order valence-corrected chi connectivity index (χ2v) is 20.3. The van der Waals surface area contributed by atoms with Crippen LogP contribution in [0.15, 0.2) is 36.5 Å². The first kappa shape index (κ1) is 64.2. The topological polar surface area (TPSA) is 134 Å². The van der Waals surface area contributed by atoms with Crippen LogP contribution in [-0.4, -0.2) is 49.3 Å². The zero-order valence-corrected chi connectivity index (χ0v) is 44.1. The molecule has 2 atom stereocenters. The Balaban J connectivity index is 3.71. The lowest BCUT2D eigenvalue weighted by molar-refractivity contribution is -0.161. The van der Waals surface area contributed by atoms with Gasteiger partial charge in [-0.15, -0.1) is 0 Å². The van der Waals surface area contributed by atoms with Crippen LogP contribution in [0.25, 0.3) is 0 Å². The molecule has 0 aliphatic carbocycles. The second kappa shape index (κ2) is 52.6. The maximum Gasteiger partial charge on any atom is 0.472 e. The van der Waals surface area contributed by atoms with Gasteiger partial charge < -0.3 is 20.1 Å². The number of hydrogen-bond donors (Lipinski definition) is 2. The molecule has 10 heteroatoms. The molecule has 2 unspecified atom stereocenters. The maximum absolute atomic E-state index is 12.6. The van der Waals surface area contributed by atoms with Crippen LogP contribution in [0.4, 0.5) is 0 Å². The van der Waals surface area contributed by atoms with Crippen molar-refractivity contribution in [2.45, 2.75) is 283 Å². The van der Waals surface area contributed by atoms with Crippen molar-refractivity contribution in [2.75, 3.05) is 26.4 Å². The average Bonchev–Trinajstić information content (AvgIpc) is 3.31. The summed E-state index contributed by atoms with van der Waals surface area (Å²) in [6.45, 7) is 3.72. The highest BCUT2D eigenvalue weighted by Crippen LogP contribution is 2.43. The molecule has 0 aromatic heterocycles. The highest BCUT2D eigenvalue weighted by atomic mass is 31.2. The van der Waals surface area contributed by atoms with Crippen LogP contribution in [0.5, 0.6) is 0 Å². The predicted molar refractivity (Wildman–Crippen MR) is 280 cm³/mol. The fourth-order valence-electron chi connectivity index (χ4n) is 8.12. The van der Waals surface area contributed by atoms with Gasteiger partial charge in [-0.25, -0.2) is 4.57 Å². The van der Waals surface area contributed by atoms with Gasteiger partial charge in [0, 0.05) is 19.4 Å². The molecule has 0 spiro atoms. The molecule has 66 heavy (non-hydrogen) atoms. The lowest BCUT2D eigenvalue weighted by Gasteiger charge is -2.19. The molecule has 0 fully saturated rings. The van der Waals surface area contributed by atoms with E-state index in [-0.39, 0.29) is 38.6 Å². The summed E-state index contributed by atoms with van der Waals surface area (Å²) >= 11 is 0. The van der Waals surface area contributed by atoms with Gasteiger partial charge in [-0.3, -0.25) is 18.6 Å². The Morgan fingerprint density at radius 1 is 0.455 bits per heavy atom. The van der Waals surface area contributed by atoms with Crippen LogP contribution in [0.2, 0.25) is 0 Å². The van der Waals surface area contributed by atoms with Gasteiger partial charge in [0.05, 0.1) is 13.2 Å². The van der Waals surface area contributed by atoms with E-state index >= 15 is 0 Å². The second-order valence-electron chi connectivity index (χ2n) is 18.8. The molecule has 9 nitrogen and oxygen atoms in total. The quantitative estimate of drug-likeness (QED) is 0.0264. The van der Waals surface area contributed by atoms with Crippen molar-refractivity contribution in [1.82, 2.24) is 0 Å². The summed E-state index contributed by atoms with van der Waals surface area (Å²) in [5.41, 5.74) is 5.35. The minimum Gasteiger partial charge on any atom is -0.462 e. The summed E-state index contributed by atoms with van der Waals surface area (Å²) in [7, 11) is -4.37. The van der Waals surface area contributed by atoms with Gasteiger partial charge in [-0.2, -0.15) is 0 Å². The van der Waals surface area contributed by atoms with Crippen LogP contribution in [0.1, 0.15) is 277 Å². The predicted octanol–water partition coefficient (Wildman–Crippen LogP) is 17.2. The Bertz CT molecular complexity index is 1180. The van der Waals surface area contributed by atoms with Crippen molar-refractivity contribution in [3.05, 3.63) is 36.5 Å². The molecule has 0 saturated heterocycles. The molecule has 3 N–H and O–H groups in total. The first-order chi connectivity index (χ1) is 32.3. The number of nitrogens with two attached hydrogens (primary N) is 1. The van der Waals surface area contributed by atoms with E-state index in [4.69, 9.17) is 24.3 Å². The van der Waals surface area contributed by atoms with Crippen molar-refractivity contribution in [3.8, 4) is 0 Å². The van der Waals surface area contributed by atoms with Crippen molar-refractivity contribution in [1.29, 1.82) is 0 Å². The molecule has 388 valence electrons. The van der Waals surface area contributed by atoms with E-state index in [9.17, 15) is 19.0 Å². The van der Waals surface area contributed by atoms with Gasteiger partial charge >= 0.3 is 19.8 Å². The Labute approximate surface area is 407 Å². The fraction of sp³-hybridized carbons (Fsp3) is 0.857. The zero-order chi connectivity index (χ0) is 48.1. The molecule has 0 heterocycles. The normalized spacial score (nSPS) is 13.3. The van der Waals surface area contributed by atoms with Crippen LogP contribution < -0.4 is 5.73 Å². The summed E-state index contributed by atoms with van der Waals surface area (Å²) in [6, 6.07) is 0. The minimum absolute atomic E-state index is 0.0558. The third-order valence-electron chi connectivity index (χ3n) is 12.3. The molecule has 0 bridgehead atoms. The highest BCUT2D eigenvalue weighted by molar-refractivity contribution is 7.47. The molecule has 0 radical (unpaired) electrons. The lowest BCUT2D eigenvalue weighted by Crippen LogP contribution is -2.29. The molecule has 0 aliphatic rings. The van der Waals surface area contributed by atoms with Gasteiger partial charge in [-0.1, -0.05) is 249 Å². The van der Waals surface area contributed by atoms with Gasteiger partial charge in [0.1, 0.15) is 6.61 Å². The van der Waals surface area contributed by atoms with Crippen molar-refractivity contribution in [2.24, 2.45) is 5.73 Å². The molecular formula is C56H106NO8P. The number of esters is 2. The first-order valence-corrected chi connectivity index (χ1v) is 29.5. The van der Waals surface area contributed by atoms with Crippen LogP contribution >= 0.6 is 7.82 Å². The van der Waals surface area contributed by atoms with E-state index in [1.54, 1.807) is 0 Å². The summed E-state index contributed by atoms with van der Waals surface area (Å²) in [5, 5.41) is 0. The first-order valence-electron chi connectivity index (χ1n) is 28.0. The molecule has 0 amide bonds. The highest BCUT2D eigenvalue weighted by Gasteiger charge is 2.26. The van der Waals surface area contributed by atoms with E-state index in [1.165, 1.54) is 199 Å². The number of unbranched alkanes of at least 4 members (excludes halogenated alkanes) is 34. The van der Waals surface area contributed by atoms with Gasteiger partial charge in [-0.05, 0) is 51.4 Å². The van der Waals surface area contributed by atoms with Crippen LogP contribution in [0, 0.1) is 0 Å². The van der Waals surface area contributed by atoms with Gasteiger partial charge in [0.15, 0.2) is 6.10 Å². The van der Waals surface area contributed by atoms with E-state index < -0.39 is 26.5 Å². The number of carbonyl (C=O) groups is 2. The summed E-state index contributed by atoms with van der Waals surface area (Å²) in [6.07, 6.45) is 62.5. The van der Waals surface area contributed by atoms with Crippen molar-refractivity contribution in [3.63, 3.8) is 0 Å². The number of phosphoric ester groups is 1. The number of allylic oxidation sites excluding steroid dienone is 6. The fourth-order valence-corrected chi connectivity index (χ4v) is 8.88. The summed E-state index contributed by atoms with van der Waals surface area (Å²) < 4.78 is 32.8. The van der Waals surface area contributed by atoms with Crippen molar-refractivity contribution < 1.29 is 37.6 Å². The molecule has 0 rings (SSSR count). The minimum atomic E-state index is -4.37. The van der Waals surface area contributed by atoms with E-state index in [0.717, 1.165) is 44.9 Å². The largest absolute Gasteiger partial charge is 0.472 e. The molecule has 0 aromatic carbocycles. The Morgan fingerprint density at radius 2 is 0.788 bits per heavy atom. The zero-order valence-electron chi connectivity index (χ0n) is 43.2. The number of hydrogen-bond acceptors (Lipinski definition) is 8. The molecular weight excluding hydrogens is 846 g/mol. The van der Waals surface area contributed by atoms with Crippen LogP contribution in [-0.2, 0) is 32.7 Å². The smallest absolute Gasteiger partial charge is 0.462 e. The molecule has 0 saturated carbocycles. The SMILES string of the molecule is CCCCCCC/C=C\C/C=C\C/C=C\CCCCCCCCCCCCCCCCCCCCCCCCC(=O)OC(COC(=O)CCCCCCCCCC)COP(=O)(O)OCCN. The number of ether oxygens (including phenoxy) is 2. The molecule has 0 aliphatic heterocycles. The van der Waals surface area contributed by atoms with E-state index in [0.29, 0.717) is 6.42 Å². The van der Waals surface area contributed by atoms with E-state index in [1.807, 2.05) is 0 Å². The maximum atomic E-state index is 12.6. The van der Waals surface area contributed by atoms with Gasteiger partial charge in [0.2, 0.25) is 0 Å². The molecule has 0 aromatic rings. The summed E-state index contributed by atoms with van der Waals surface area (Å²) in [5.74, 6) is -0.821. The van der Waals surface area contributed by atoms with E-state index in [2.05, 4.69) is 50.3 Å².